The zero-order chi connectivity index (χ0) is 10.6. The van der Waals surface area contributed by atoms with Crippen LogP contribution >= 0.6 is 11.8 Å². The Hall–Kier alpha value is 0.110. The summed E-state index contributed by atoms with van der Waals surface area (Å²) in [6.45, 7) is 7.15. The molecular formula is C12H18CaOS. The first-order chi connectivity index (χ1) is 6.81. The van der Waals surface area contributed by atoms with Gasteiger partial charge in [0.15, 0.2) is 0 Å². The van der Waals surface area contributed by atoms with Crippen molar-refractivity contribution in [3.8, 4) is 5.75 Å². The fourth-order valence-corrected chi connectivity index (χ4v) is 1.13. The van der Waals surface area contributed by atoms with Gasteiger partial charge < -0.3 is 5.11 Å². The van der Waals surface area contributed by atoms with Crippen molar-refractivity contribution < 1.29 is 5.11 Å². The summed E-state index contributed by atoms with van der Waals surface area (Å²) in [7, 11) is 0. The number of benzene rings is 1. The first-order valence-electron chi connectivity index (χ1n) is 4.34. The van der Waals surface area contributed by atoms with Crippen LogP contribution in [0.5, 0.6) is 5.75 Å². The van der Waals surface area contributed by atoms with Crippen LogP contribution in [0.3, 0.4) is 0 Å². The normalized spacial score (nSPS) is 7.73. The summed E-state index contributed by atoms with van der Waals surface area (Å²) in [5, 5.41) is 8.63. The van der Waals surface area contributed by atoms with E-state index in [1.54, 1.807) is 24.3 Å². The summed E-state index contributed by atoms with van der Waals surface area (Å²) in [6.07, 6.45) is 3.79. The van der Waals surface area contributed by atoms with Crippen LogP contribution in [0, 0.1) is 0 Å². The fraction of sp³-hybridized carbons (Fsp3) is 0.167. The third kappa shape index (κ3) is 14.1. The van der Waals surface area contributed by atoms with Gasteiger partial charge in [-0.1, -0.05) is 30.4 Å². The molecule has 15 heavy (non-hydrogen) atoms. The molecule has 1 N–H and O–H groups in total. The molecule has 0 aliphatic rings. The topological polar surface area (TPSA) is 20.2 Å². The van der Waals surface area contributed by atoms with Gasteiger partial charge in [-0.3, -0.25) is 0 Å². The second-order valence-corrected chi connectivity index (χ2v) is 3.53. The average Bonchev–Trinajstić information content (AvgIpc) is 2.21. The summed E-state index contributed by atoms with van der Waals surface area (Å²) >= 11 is 1.82. The summed E-state index contributed by atoms with van der Waals surface area (Å²) < 4.78 is 0. The van der Waals surface area contributed by atoms with Crippen molar-refractivity contribution in [2.45, 2.75) is 0 Å². The molecule has 0 amide bonds. The summed E-state index contributed by atoms with van der Waals surface area (Å²) in [5.74, 6) is 2.39. The molecule has 3 heteroatoms. The van der Waals surface area contributed by atoms with Crippen molar-refractivity contribution in [2.24, 2.45) is 0 Å². The number of phenols is 1. The number of rotatable bonds is 4. The minimum atomic E-state index is 0. The Balaban J connectivity index is 0. The number of hydrogen-bond donors (Lipinski definition) is 1. The van der Waals surface area contributed by atoms with Crippen molar-refractivity contribution in [3.63, 3.8) is 0 Å². The first kappa shape index (κ1) is 17.5. The zero-order valence-electron chi connectivity index (χ0n) is 8.23. The van der Waals surface area contributed by atoms with E-state index < -0.39 is 0 Å². The van der Waals surface area contributed by atoms with Crippen molar-refractivity contribution in [1.82, 2.24) is 0 Å². The van der Waals surface area contributed by atoms with Gasteiger partial charge in [0, 0.05) is 11.5 Å². The molecule has 0 bridgehead atoms. The molecule has 0 aliphatic carbocycles. The number of phenolic OH excluding ortho intramolecular Hbond substituents is 1. The molecule has 0 radical (unpaired) electrons. The molecular weight excluding hydrogens is 232 g/mol. The van der Waals surface area contributed by atoms with Gasteiger partial charge >= 0.3 is 37.7 Å². The average molecular weight is 250 g/mol. The van der Waals surface area contributed by atoms with Crippen molar-refractivity contribution >= 4 is 49.5 Å². The SMILES string of the molecule is C=CCSCC=C.Oc1ccccc1.[CaH2]. The van der Waals surface area contributed by atoms with Crippen LogP contribution in [0.4, 0.5) is 0 Å². The summed E-state index contributed by atoms with van der Waals surface area (Å²) in [4.78, 5) is 0. The summed E-state index contributed by atoms with van der Waals surface area (Å²) in [6, 6.07) is 8.71. The second kappa shape index (κ2) is 14.1. The van der Waals surface area contributed by atoms with E-state index >= 15 is 0 Å². The quantitative estimate of drug-likeness (QED) is 0.503. The van der Waals surface area contributed by atoms with E-state index in [1.165, 1.54) is 0 Å². The molecule has 0 heterocycles. The molecule has 0 atom stereocenters. The third-order valence-corrected chi connectivity index (χ3v) is 2.17. The molecule has 1 nitrogen and oxygen atoms in total. The Morgan fingerprint density at radius 2 is 1.53 bits per heavy atom. The number of aromatic hydroxyl groups is 1. The van der Waals surface area contributed by atoms with E-state index in [9.17, 15) is 0 Å². The van der Waals surface area contributed by atoms with Crippen LogP contribution in [-0.4, -0.2) is 54.4 Å². The molecule has 0 unspecified atom stereocenters. The van der Waals surface area contributed by atoms with Gasteiger partial charge in [-0.2, -0.15) is 11.8 Å². The van der Waals surface area contributed by atoms with Crippen LogP contribution in [-0.2, 0) is 0 Å². The van der Waals surface area contributed by atoms with Crippen molar-refractivity contribution in [3.05, 3.63) is 55.6 Å². The number of para-hydroxylation sites is 1. The first-order valence-corrected chi connectivity index (χ1v) is 5.50. The molecule has 0 fully saturated rings. The molecule has 1 rings (SSSR count). The maximum atomic E-state index is 8.63. The Morgan fingerprint density at radius 1 is 1.07 bits per heavy atom. The van der Waals surface area contributed by atoms with Gasteiger partial charge in [0.1, 0.15) is 5.75 Å². The van der Waals surface area contributed by atoms with Gasteiger partial charge in [0.2, 0.25) is 0 Å². The van der Waals surface area contributed by atoms with Crippen molar-refractivity contribution in [2.75, 3.05) is 11.5 Å². The molecule has 1 aromatic carbocycles. The zero-order valence-corrected chi connectivity index (χ0v) is 9.04. The number of thioether (sulfide) groups is 1. The predicted octanol–water partition coefficient (Wildman–Crippen LogP) is 2.57. The van der Waals surface area contributed by atoms with Gasteiger partial charge in [-0.15, -0.1) is 13.2 Å². The molecule has 0 aliphatic heterocycles. The Bertz CT molecular complexity index is 241. The Labute approximate surface area is 126 Å². The van der Waals surface area contributed by atoms with E-state index in [0.717, 1.165) is 11.5 Å². The Morgan fingerprint density at radius 3 is 1.80 bits per heavy atom. The van der Waals surface area contributed by atoms with Gasteiger partial charge in [-0.05, 0) is 12.1 Å². The third-order valence-electron chi connectivity index (χ3n) is 1.23. The fourth-order valence-electron chi connectivity index (χ4n) is 0.663. The van der Waals surface area contributed by atoms with Crippen LogP contribution in [0.2, 0.25) is 0 Å². The van der Waals surface area contributed by atoms with E-state index in [2.05, 4.69) is 13.2 Å². The van der Waals surface area contributed by atoms with Crippen LogP contribution in [0.25, 0.3) is 0 Å². The second-order valence-electron chi connectivity index (χ2n) is 2.45. The molecule has 80 valence electrons. The molecule has 0 saturated carbocycles. The summed E-state index contributed by atoms with van der Waals surface area (Å²) in [5.41, 5.74) is 0. The maximum absolute atomic E-state index is 8.63. The van der Waals surface area contributed by atoms with E-state index in [-0.39, 0.29) is 37.7 Å². The van der Waals surface area contributed by atoms with Gasteiger partial charge in [0.25, 0.3) is 0 Å². The molecule has 0 saturated heterocycles. The molecule has 1 aromatic rings. The standard InChI is InChI=1S/C6H6O.C6H10S.Ca.2H/c7-6-4-2-1-3-5-6;1-3-5-7-6-4-2;;;/h1-5,7H;3-4H,1-2,5-6H2;;;. The van der Waals surface area contributed by atoms with Crippen LogP contribution in [0.15, 0.2) is 55.6 Å². The molecule has 0 spiro atoms. The Kier molecular flexibility index (Phi) is 16.5. The van der Waals surface area contributed by atoms with Crippen molar-refractivity contribution in [1.29, 1.82) is 0 Å². The molecule has 0 aromatic heterocycles. The van der Waals surface area contributed by atoms with Crippen LogP contribution in [0.1, 0.15) is 0 Å². The monoisotopic (exact) mass is 250 g/mol. The minimum absolute atomic E-state index is 0. The predicted molar refractivity (Wildman–Crippen MR) is 74.4 cm³/mol. The van der Waals surface area contributed by atoms with Gasteiger partial charge in [-0.25, -0.2) is 0 Å². The van der Waals surface area contributed by atoms with E-state index in [1.807, 2.05) is 30.0 Å². The van der Waals surface area contributed by atoms with E-state index in [0.29, 0.717) is 5.75 Å². The number of hydrogen-bond acceptors (Lipinski definition) is 2. The van der Waals surface area contributed by atoms with E-state index in [4.69, 9.17) is 5.11 Å². The van der Waals surface area contributed by atoms with Crippen LogP contribution < -0.4 is 0 Å². The van der Waals surface area contributed by atoms with Gasteiger partial charge in [0.05, 0.1) is 0 Å².